The van der Waals surface area contributed by atoms with Crippen LogP contribution in [0.1, 0.15) is 27.2 Å². The Morgan fingerprint density at radius 3 is 2.56 bits per heavy atom. The SMILES string of the molecule is CCC1CN(c2ccc(Cl)cc2)C(C(C)C)CN1. The lowest BCUT2D eigenvalue weighted by molar-refractivity contribution is 0.333. The summed E-state index contributed by atoms with van der Waals surface area (Å²) in [6.45, 7) is 8.98. The van der Waals surface area contributed by atoms with Crippen molar-refractivity contribution < 1.29 is 0 Å². The van der Waals surface area contributed by atoms with E-state index < -0.39 is 0 Å². The van der Waals surface area contributed by atoms with E-state index in [9.17, 15) is 0 Å². The first-order valence-corrected chi connectivity index (χ1v) is 7.25. The molecule has 1 aromatic rings. The van der Waals surface area contributed by atoms with Crippen molar-refractivity contribution in [3.05, 3.63) is 29.3 Å². The molecule has 1 N–H and O–H groups in total. The summed E-state index contributed by atoms with van der Waals surface area (Å²) in [6.07, 6.45) is 1.18. The van der Waals surface area contributed by atoms with E-state index in [1.807, 2.05) is 12.1 Å². The maximum atomic E-state index is 5.97. The summed E-state index contributed by atoms with van der Waals surface area (Å²) in [5.41, 5.74) is 1.29. The average Bonchev–Trinajstić information content (AvgIpc) is 2.38. The third kappa shape index (κ3) is 2.99. The lowest BCUT2D eigenvalue weighted by Crippen LogP contribution is -2.58. The van der Waals surface area contributed by atoms with E-state index in [-0.39, 0.29) is 0 Å². The van der Waals surface area contributed by atoms with Crippen LogP contribution in [0.2, 0.25) is 5.02 Å². The summed E-state index contributed by atoms with van der Waals surface area (Å²) < 4.78 is 0. The fraction of sp³-hybridized carbons (Fsp3) is 0.600. The summed E-state index contributed by atoms with van der Waals surface area (Å²) in [4.78, 5) is 2.53. The Morgan fingerprint density at radius 1 is 1.33 bits per heavy atom. The van der Waals surface area contributed by atoms with E-state index in [4.69, 9.17) is 11.6 Å². The molecule has 0 bridgehead atoms. The lowest BCUT2D eigenvalue weighted by Gasteiger charge is -2.43. The number of hydrogen-bond donors (Lipinski definition) is 1. The molecule has 100 valence electrons. The fourth-order valence-electron chi connectivity index (χ4n) is 2.63. The minimum atomic E-state index is 0.564. The van der Waals surface area contributed by atoms with Crippen molar-refractivity contribution in [2.24, 2.45) is 5.92 Å². The molecule has 3 heteroatoms. The number of rotatable bonds is 3. The standard InChI is InChI=1S/C15H23ClN2/c1-4-13-10-18(15(9-17-13)11(2)3)14-7-5-12(16)6-8-14/h5-8,11,13,15,17H,4,9-10H2,1-3H3. The first kappa shape index (κ1) is 13.7. The molecule has 2 rings (SSSR count). The van der Waals surface area contributed by atoms with Gasteiger partial charge in [-0.05, 0) is 36.6 Å². The van der Waals surface area contributed by atoms with Gasteiger partial charge < -0.3 is 10.2 Å². The smallest absolute Gasteiger partial charge is 0.0438 e. The highest BCUT2D eigenvalue weighted by molar-refractivity contribution is 6.30. The van der Waals surface area contributed by atoms with Gasteiger partial charge in [-0.1, -0.05) is 32.4 Å². The molecule has 0 spiro atoms. The first-order chi connectivity index (χ1) is 8.61. The molecular weight excluding hydrogens is 244 g/mol. The van der Waals surface area contributed by atoms with Crippen molar-refractivity contribution in [2.75, 3.05) is 18.0 Å². The van der Waals surface area contributed by atoms with Crippen LogP contribution in [0.4, 0.5) is 5.69 Å². The maximum Gasteiger partial charge on any atom is 0.0438 e. The summed E-state index contributed by atoms with van der Waals surface area (Å²) in [5.74, 6) is 0.644. The molecular formula is C15H23ClN2. The molecule has 0 aromatic heterocycles. The molecule has 1 heterocycles. The molecule has 1 aliphatic heterocycles. The van der Waals surface area contributed by atoms with E-state index in [1.165, 1.54) is 12.1 Å². The van der Waals surface area contributed by atoms with Crippen LogP contribution >= 0.6 is 11.6 Å². The highest BCUT2D eigenvalue weighted by atomic mass is 35.5. The molecule has 2 atom stereocenters. The van der Waals surface area contributed by atoms with Crippen LogP contribution in [0, 0.1) is 5.92 Å². The van der Waals surface area contributed by atoms with Crippen molar-refractivity contribution in [1.82, 2.24) is 5.32 Å². The number of benzene rings is 1. The van der Waals surface area contributed by atoms with Gasteiger partial charge in [0.15, 0.2) is 0 Å². The Bertz CT molecular complexity index is 375. The van der Waals surface area contributed by atoms with Gasteiger partial charge in [-0.3, -0.25) is 0 Å². The monoisotopic (exact) mass is 266 g/mol. The number of anilines is 1. The van der Waals surface area contributed by atoms with Crippen LogP contribution in [0.15, 0.2) is 24.3 Å². The van der Waals surface area contributed by atoms with Crippen molar-refractivity contribution in [3.8, 4) is 0 Å². The van der Waals surface area contributed by atoms with Gasteiger partial charge in [0, 0.05) is 35.9 Å². The third-order valence-corrected chi connectivity index (χ3v) is 4.11. The van der Waals surface area contributed by atoms with Crippen molar-refractivity contribution in [2.45, 2.75) is 39.3 Å². The summed E-state index contributed by atoms with van der Waals surface area (Å²) in [5, 5.41) is 4.45. The fourth-order valence-corrected chi connectivity index (χ4v) is 2.76. The molecule has 1 saturated heterocycles. The van der Waals surface area contributed by atoms with E-state index in [0.29, 0.717) is 18.0 Å². The second kappa shape index (κ2) is 5.94. The van der Waals surface area contributed by atoms with Gasteiger partial charge in [0.05, 0.1) is 0 Å². The molecule has 0 amide bonds. The molecule has 0 saturated carbocycles. The van der Waals surface area contributed by atoms with Gasteiger partial charge in [-0.2, -0.15) is 0 Å². The number of halogens is 1. The van der Waals surface area contributed by atoms with Gasteiger partial charge in [0.25, 0.3) is 0 Å². The molecule has 1 fully saturated rings. The quantitative estimate of drug-likeness (QED) is 0.900. The zero-order chi connectivity index (χ0) is 13.1. The lowest BCUT2D eigenvalue weighted by atomic mass is 9.97. The van der Waals surface area contributed by atoms with Crippen molar-refractivity contribution in [1.29, 1.82) is 0 Å². The van der Waals surface area contributed by atoms with Crippen LogP contribution in [0.3, 0.4) is 0 Å². The largest absolute Gasteiger partial charge is 0.365 e. The molecule has 2 unspecified atom stereocenters. The number of hydrogen-bond acceptors (Lipinski definition) is 2. The molecule has 18 heavy (non-hydrogen) atoms. The average molecular weight is 267 g/mol. The van der Waals surface area contributed by atoms with Gasteiger partial charge in [0.2, 0.25) is 0 Å². The van der Waals surface area contributed by atoms with E-state index in [0.717, 1.165) is 18.1 Å². The second-order valence-corrected chi connectivity index (χ2v) is 5.89. The topological polar surface area (TPSA) is 15.3 Å². The Labute approximate surface area is 115 Å². The molecule has 0 aliphatic carbocycles. The predicted molar refractivity (Wildman–Crippen MR) is 79.5 cm³/mol. The van der Waals surface area contributed by atoms with Crippen molar-refractivity contribution >= 4 is 17.3 Å². The number of nitrogens with one attached hydrogen (secondary N) is 1. The van der Waals surface area contributed by atoms with Gasteiger partial charge in [-0.25, -0.2) is 0 Å². The minimum Gasteiger partial charge on any atom is -0.365 e. The van der Waals surface area contributed by atoms with E-state index >= 15 is 0 Å². The Morgan fingerprint density at radius 2 is 2.00 bits per heavy atom. The second-order valence-electron chi connectivity index (χ2n) is 5.45. The summed E-state index contributed by atoms with van der Waals surface area (Å²) in [6, 6.07) is 9.39. The Kier molecular flexibility index (Phi) is 4.52. The maximum absolute atomic E-state index is 5.97. The minimum absolute atomic E-state index is 0.564. The van der Waals surface area contributed by atoms with Crippen molar-refractivity contribution in [3.63, 3.8) is 0 Å². The highest BCUT2D eigenvalue weighted by Crippen LogP contribution is 2.25. The van der Waals surface area contributed by atoms with E-state index in [1.54, 1.807) is 0 Å². The normalized spacial score (nSPS) is 24.6. The van der Waals surface area contributed by atoms with E-state index in [2.05, 4.69) is 43.1 Å². The summed E-state index contributed by atoms with van der Waals surface area (Å²) in [7, 11) is 0. The van der Waals surface area contributed by atoms with Gasteiger partial charge in [-0.15, -0.1) is 0 Å². The first-order valence-electron chi connectivity index (χ1n) is 6.87. The predicted octanol–water partition coefficient (Wildman–Crippen LogP) is 3.55. The van der Waals surface area contributed by atoms with Crippen LogP contribution in [0.5, 0.6) is 0 Å². The third-order valence-electron chi connectivity index (χ3n) is 3.85. The zero-order valence-corrected chi connectivity index (χ0v) is 12.2. The number of nitrogens with zero attached hydrogens (tertiary/aromatic N) is 1. The Balaban J connectivity index is 2.21. The molecule has 0 radical (unpaired) electrons. The molecule has 1 aliphatic rings. The van der Waals surface area contributed by atoms with Crippen LogP contribution in [-0.2, 0) is 0 Å². The molecule has 2 nitrogen and oxygen atoms in total. The molecule has 1 aromatic carbocycles. The summed E-state index contributed by atoms with van der Waals surface area (Å²) >= 11 is 5.97. The van der Waals surface area contributed by atoms with Gasteiger partial charge in [0.1, 0.15) is 0 Å². The zero-order valence-electron chi connectivity index (χ0n) is 11.5. The van der Waals surface area contributed by atoms with Crippen LogP contribution in [-0.4, -0.2) is 25.2 Å². The Hall–Kier alpha value is -0.730. The van der Waals surface area contributed by atoms with Gasteiger partial charge >= 0.3 is 0 Å². The highest BCUT2D eigenvalue weighted by Gasteiger charge is 2.29. The van der Waals surface area contributed by atoms with Crippen LogP contribution in [0.25, 0.3) is 0 Å². The van der Waals surface area contributed by atoms with Crippen LogP contribution < -0.4 is 10.2 Å². The number of piperazine rings is 1.